The second-order valence-electron chi connectivity index (χ2n) is 5.56. The number of nitrogens with one attached hydrogen (secondary N) is 1. The highest BCUT2D eigenvalue weighted by Gasteiger charge is 2.24. The molecule has 1 N–H and O–H groups in total. The summed E-state index contributed by atoms with van der Waals surface area (Å²) < 4.78 is 4.75. The molecule has 2 rings (SSSR count). The Morgan fingerprint density at radius 2 is 2.14 bits per heavy atom. The maximum Gasteiger partial charge on any atom is 0.337 e. The zero-order valence-corrected chi connectivity index (χ0v) is 14.8. The molecular formula is C16H24Cl2N2O2. The van der Waals surface area contributed by atoms with Crippen LogP contribution in [0.2, 0.25) is 0 Å². The lowest BCUT2D eigenvalue weighted by molar-refractivity contribution is 0.0600. The van der Waals surface area contributed by atoms with Crippen molar-refractivity contribution < 1.29 is 9.53 Å². The summed E-state index contributed by atoms with van der Waals surface area (Å²) in [5.41, 5.74) is 1.75. The number of carbonyl (C=O) groups excluding carboxylic acids is 1. The summed E-state index contributed by atoms with van der Waals surface area (Å²) in [5, 5.41) is 3.46. The van der Waals surface area contributed by atoms with E-state index in [2.05, 4.69) is 36.3 Å². The van der Waals surface area contributed by atoms with Gasteiger partial charge in [0.1, 0.15) is 0 Å². The van der Waals surface area contributed by atoms with Gasteiger partial charge in [0.2, 0.25) is 0 Å². The molecule has 1 aromatic carbocycles. The predicted molar refractivity (Wildman–Crippen MR) is 94.2 cm³/mol. The molecule has 0 fully saturated rings. The van der Waals surface area contributed by atoms with Crippen LogP contribution in [0, 0.1) is 0 Å². The van der Waals surface area contributed by atoms with Crippen molar-refractivity contribution in [2.24, 2.45) is 0 Å². The largest absolute Gasteiger partial charge is 0.465 e. The van der Waals surface area contributed by atoms with Gasteiger partial charge in [0.15, 0.2) is 0 Å². The van der Waals surface area contributed by atoms with Crippen LogP contribution in [0.1, 0.15) is 22.8 Å². The number of nitrogens with zero attached hydrogens (tertiary/aromatic N) is 1. The molecular weight excluding hydrogens is 323 g/mol. The second-order valence-corrected chi connectivity index (χ2v) is 5.56. The number of carbonyl (C=O) groups is 1. The number of hydrogen-bond donors (Lipinski definition) is 1. The molecule has 1 aromatic rings. The first-order valence-electron chi connectivity index (χ1n) is 6.81. The van der Waals surface area contributed by atoms with Gasteiger partial charge < -0.3 is 10.1 Å². The topological polar surface area (TPSA) is 41.6 Å². The Bertz CT molecular complexity index is 523. The number of halogens is 2. The van der Waals surface area contributed by atoms with Crippen LogP contribution in [0.4, 0.5) is 0 Å². The van der Waals surface area contributed by atoms with Crippen molar-refractivity contribution in [2.75, 3.05) is 27.2 Å². The highest BCUT2D eigenvalue weighted by molar-refractivity contribution is 5.89. The third-order valence-electron chi connectivity index (χ3n) is 3.51. The fraction of sp³-hybridized carbons (Fsp3) is 0.438. The minimum Gasteiger partial charge on any atom is -0.465 e. The summed E-state index contributed by atoms with van der Waals surface area (Å²) in [6.07, 6.45) is 4.38. The average molecular weight is 347 g/mol. The van der Waals surface area contributed by atoms with Crippen molar-refractivity contribution in [3.05, 3.63) is 47.5 Å². The number of likely N-dealkylation sites (N-methyl/N-ethyl adjacent to an activating group) is 1. The van der Waals surface area contributed by atoms with E-state index in [1.807, 2.05) is 18.2 Å². The minimum absolute atomic E-state index is 0. The normalized spacial score (nSPS) is 19.5. The van der Waals surface area contributed by atoms with E-state index in [1.165, 1.54) is 7.11 Å². The van der Waals surface area contributed by atoms with Gasteiger partial charge in [-0.1, -0.05) is 24.3 Å². The van der Waals surface area contributed by atoms with E-state index < -0.39 is 0 Å². The van der Waals surface area contributed by atoms with Gasteiger partial charge in [0.05, 0.1) is 12.7 Å². The molecule has 1 aliphatic rings. The molecule has 1 heterocycles. The van der Waals surface area contributed by atoms with Crippen LogP contribution in [0.5, 0.6) is 0 Å². The Balaban J connectivity index is 0.00000220. The van der Waals surface area contributed by atoms with Gasteiger partial charge in [-0.05, 0) is 31.7 Å². The summed E-state index contributed by atoms with van der Waals surface area (Å²) in [7, 11) is 3.49. The van der Waals surface area contributed by atoms with E-state index in [9.17, 15) is 4.79 Å². The molecule has 4 nitrogen and oxygen atoms in total. The Morgan fingerprint density at radius 3 is 2.73 bits per heavy atom. The molecule has 6 heteroatoms. The van der Waals surface area contributed by atoms with Crippen molar-refractivity contribution in [2.45, 2.75) is 19.0 Å². The maximum absolute atomic E-state index is 11.5. The lowest BCUT2D eigenvalue weighted by atomic mass is 10.0. The molecule has 0 spiro atoms. The highest BCUT2D eigenvalue weighted by atomic mass is 35.5. The van der Waals surface area contributed by atoms with Gasteiger partial charge >= 0.3 is 5.97 Å². The fourth-order valence-electron chi connectivity index (χ4n) is 2.62. The van der Waals surface area contributed by atoms with Gasteiger partial charge in [-0.25, -0.2) is 4.79 Å². The number of ether oxygens (including phenoxy) is 1. The average Bonchev–Trinajstić information content (AvgIpc) is 2.84. The quantitative estimate of drug-likeness (QED) is 0.657. The zero-order chi connectivity index (χ0) is 14.6. The van der Waals surface area contributed by atoms with Gasteiger partial charge in [-0.15, -0.1) is 24.8 Å². The first-order chi connectivity index (χ1) is 9.52. The second kappa shape index (κ2) is 9.16. The maximum atomic E-state index is 11.5. The first-order valence-corrected chi connectivity index (χ1v) is 6.81. The molecule has 1 aliphatic heterocycles. The van der Waals surface area contributed by atoms with E-state index in [-0.39, 0.29) is 36.3 Å². The molecule has 0 aliphatic carbocycles. The molecule has 0 bridgehead atoms. The van der Waals surface area contributed by atoms with Crippen LogP contribution in [-0.4, -0.2) is 43.7 Å². The highest BCUT2D eigenvalue weighted by Crippen LogP contribution is 2.15. The van der Waals surface area contributed by atoms with E-state index >= 15 is 0 Å². The summed E-state index contributed by atoms with van der Waals surface area (Å²) in [5.74, 6) is -0.290. The molecule has 0 amide bonds. The van der Waals surface area contributed by atoms with Crippen molar-refractivity contribution in [1.82, 2.24) is 10.2 Å². The Hall–Kier alpha value is -1.07. The third kappa shape index (κ3) is 5.61. The lowest BCUT2D eigenvalue weighted by Gasteiger charge is -2.29. The van der Waals surface area contributed by atoms with Crippen LogP contribution in [0.3, 0.4) is 0 Å². The number of esters is 1. The zero-order valence-electron chi connectivity index (χ0n) is 13.2. The van der Waals surface area contributed by atoms with Crippen LogP contribution < -0.4 is 5.32 Å². The molecule has 1 unspecified atom stereocenters. The van der Waals surface area contributed by atoms with E-state index in [0.717, 1.165) is 25.2 Å². The smallest absolute Gasteiger partial charge is 0.337 e. The summed E-state index contributed by atoms with van der Waals surface area (Å²) in [6.45, 7) is 4.85. The van der Waals surface area contributed by atoms with Crippen LogP contribution >= 0.6 is 24.8 Å². The lowest BCUT2D eigenvalue weighted by Crippen LogP contribution is -2.46. The van der Waals surface area contributed by atoms with Gasteiger partial charge in [-0.2, -0.15) is 0 Å². The monoisotopic (exact) mass is 346 g/mol. The molecule has 22 heavy (non-hydrogen) atoms. The SMILES string of the molecule is COC(=O)c1cccc(CN(C)CC2(C)C=CCN2)c1.Cl.Cl. The van der Waals surface area contributed by atoms with Gasteiger partial charge in [0, 0.05) is 25.2 Å². The summed E-state index contributed by atoms with van der Waals surface area (Å²) in [6, 6.07) is 7.59. The predicted octanol–water partition coefficient (Wildman–Crippen LogP) is 2.67. The van der Waals surface area contributed by atoms with Crippen molar-refractivity contribution in [3.8, 4) is 0 Å². The van der Waals surface area contributed by atoms with Crippen LogP contribution in [0.15, 0.2) is 36.4 Å². The van der Waals surface area contributed by atoms with Crippen LogP contribution in [0.25, 0.3) is 0 Å². The van der Waals surface area contributed by atoms with Gasteiger partial charge in [0.25, 0.3) is 0 Å². The van der Waals surface area contributed by atoms with E-state index in [0.29, 0.717) is 5.56 Å². The number of rotatable bonds is 5. The Morgan fingerprint density at radius 1 is 1.41 bits per heavy atom. The third-order valence-corrected chi connectivity index (χ3v) is 3.51. The molecule has 0 aromatic heterocycles. The Labute approximate surface area is 144 Å². The summed E-state index contributed by atoms with van der Waals surface area (Å²) in [4.78, 5) is 13.8. The standard InChI is InChI=1S/C16H22N2O2.2ClH/c1-16(8-5-9-17-16)12-18(2)11-13-6-4-7-14(10-13)15(19)20-3;;/h4-8,10,17H,9,11-12H2,1-3H3;2*1H. The van der Waals surface area contributed by atoms with Crippen LogP contribution in [-0.2, 0) is 11.3 Å². The number of hydrogen-bond acceptors (Lipinski definition) is 4. The summed E-state index contributed by atoms with van der Waals surface area (Å²) >= 11 is 0. The molecule has 124 valence electrons. The van der Waals surface area contributed by atoms with Crippen molar-refractivity contribution in [3.63, 3.8) is 0 Å². The van der Waals surface area contributed by atoms with Crippen molar-refractivity contribution in [1.29, 1.82) is 0 Å². The Kier molecular flexibility index (Phi) is 8.71. The number of methoxy groups -OCH3 is 1. The minimum atomic E-state index is -0.290. The first kappa shape index (κ1) is 20.9. The molecule has 0 saturated carbocycles. The van der Waals surface area contributed by atoms with E-state index in [4.69, 9.17) is 4.74 Å². The number of benzene rings is 1. The van der Waals surface area contributed by atoms with E-state index in [1.54, 1.807) is 6.07 Å². The molecule has 0 radical (unpaired) electrons. The van der Waals surface area contributed by atoms with Crippen molar-refractivity contribution >= 4 is 30.8 Å². The molecule has 0 saturated heterocycles. The fourth-order valence-corrected chi connectivity index (χ4v) is 2.62. The van der Waals surface area contributed by atoms with Gasteiger partial charge in [-0.3, -0.25) is 4.90 Å². The molecule has 1 atom stereocenters.